The van der Waals surface area contributed by atoms with E-state index in [-0.39, 0.29) is 23.5 Å². The molecule has 1 fully saturated rings. The molecule has 0 aromatic carbocycles. The molecule has 0 saturated carbocycles. The maximum absolute atomic E-state index is 12.1. The molecule has 1 atom stereocenters. The molecule has 0 bridgehead atoms. The number of unbranched alkanes of at least 4 members (excludes halogenated alkanes) is 2. The van der Waals surface area contributed by atoms with Crippen molar-refractivity contribution in [3.8, 4) is 0 Å². The van der Waals surface area contributed by atoms with Crippen LogP contribution in [0.15, 0.2) is 6.07 Å². The summed E-state index contributed by atoms with van der Waals surface area (Å²) in [5.74, 6) is 0.351. The highest BCUT2D eigenvalue weighted by Gasteiger charge is 2.28. The van der Waals surface area contributed by atoms with Crippen molar-refractivity contribution in [2.24, 2.45) is 0 Å². The average molecular weight is 340 g/mol. The summed E-state index contributed by atoms with van der Waals surface area (Å²) >= 11 is 0. The summed E-state index contributed by atoms with van der Waals surface area (Å²) in [5.41, 5.74) is 0.972. The van der Waals surface area contributed by atoms with Gasteiger partial charge in [0.2, 0.25) is 5.95 Å². The Labute approximate surface area is 137 Å². The molecule has 128 valence electrons. The number of hydrogen-bond acceptors (Lipinski definition) is 6. The number of rotatable bonds is 7. The Kier molecular flexibility index (Phi) is 5.92. The lowest BCUT2D eigenvalue weighted by atomic mass is 10.2. The number of nitrogens with zero attached hydrogens (tertiary/aromatic N) is 2. The maximum Gasteiger partial charge on any atom is 0.270 e. The molecule has 7 nitrogen and oxygen atoms in total. The largest absolute Gasteiger partial charge is 0.351 e. The molecule has 1 amide bonds. The molecular formula is C15H24N4O3S. The quantitative estimate of drug-likeness (QED) is 0.726. The summed E-state index contributed by atoms with van der Waals surface area (Å²) in [6, 6.07) is 1.44. The Morgan fingerprint density at radius 2 is 2.13 bits per heavy atom. The molecule has 1 unspecified atom stereocenters. The van der Waals surface area contributed by atoms with E-state index in [0.717, 1.165) is 19.3 Å². The first-order chi connectivity index (χ1) is 10.9. The SMILES string of the molecule is CCCCCNC(=O)c1cc(C)nc(NC2CCS(=O)(=O)C2)n1. The second-order valence-corrected chi connectivity index (χ2v) is 8.15. The van der Waals surface area contributed by atoms with E-state index < -0.39 is 9.84 Å². The second kappa shape index (κ2) is 7.72. The van der Waals surface area contributed by atoms with Crippen LogP contribution >= 0.6 is 0 Å². The number of aryl methyl sites for hydroxylation is 1. The molecule has 1 aliphatic rings. The van der Waals surface area contributed by atoms with Crippen LogP contribution in [0.1, 0.15) is 48.8 Å². The number of anilines is 1. The van der Waals surface area contributed by atoms with E-state index in [4.69, 9.17) is 0 Å². The fourth-order valence-corrected chi connectivity index (χ4v) is 4.18. The van der Waals surface area contributed by atoms with Gasteiger partial charge in [-0.1, -0.05) is 19.8 Å². The van der Waals surface area contributed by atoms with Crippen molar-refractivity contribution >= 4 is 21.7 Å². The van der Waals surface area contributed by atoms with Crippen LogP contribution in [0.4, 0.5) is 5.95 Å². The Morgan fingerprint density at radius 1 is 1.35 bits per heavy atom. The number of hydrogen-bond donors (Lipinski definition) is 2. The van der Waals surface area contributed by atoms with E-state index >= 15 is 0 Å². The molecule has 1 aromatic rings. The molecule has 2 rings (SSSR count). The molecule has 0 radical (unpaired) electrons. The van der Waals surface area contributed by atoms with Gasteiger partial charge in [0.25, 0.3) is 5.91 Å². The minimum absolute atomic E-state index is 0.0862. The number of amides is 1. The van der Waals surface area contributed by atoms with Crippen LogP contribution in [-0.2, 0) is 9.84 Å². The summed E-state index contributed by atoms with van der Waals surface area (Å²) in [7, 11) is -2.97. The molecule has 1 saturated heterocycles. The van der Waals surface area contributed by atoms with Crippen LogP contribution < -0.4 is 10.6 Å². The molecule has 2 heterocycles. The number of nitrogens with one attached hydrogen (secondary N) is 2. The van der Waals surface area contributed by atoms with E-state index in [1.807, 2.05) is 0 Å². The molecule has 0 spiro atoms. The summed E-state index contributed by atoms with van der Waals surface area (Å²) in [6.45, 7) is 4.52. The van der Waals surface area contributed by atoms with Crippen LogP contribution in [0, 0.1) is 6.92 Å². The number of carbonyl (C=O) groups is 1. The molecule has 23 heavy (non-hydrogen) atoms. The van der Waals surface area contributed by atoms with Gasteiger partial charge >= 0.3 is 0 Å². The van der Waals surface area contributed by atoms with Crippen molar-refractivity contribution in [2.45, 2.75) is 45.6 Å². The summed E-state index contributed by atoms with van der Waals surface area (Å²) in [4.78, 5) is 20.6. The normalized spacial score (nSPS) is 19.5. The monoisotopic (exact) mass is 340 g/mol. The van der Waals surface area contributed by atoms with Gasteiger partial charge in [0.05, 0.1) is 11.5 Å². The zero-order valence-corrected chi connectivity index (χ0v) is 14.4. The number of carbonyl (C=O) groups excluding carboxylic acids is 1. The molecule has 8 heteroatoms. The smallest absolute Gasteiger partial charge is 0.270 e. The topological polar surface area (TPSA) is 101 Å². The zero-order valence-electron chi connectivity index (χ0n) is 13.6. The highest BCUT2D eigenvalue weighted by molar-refractivity contribution is 7.91. The van der Waals surface area contributed by atoms with E-state index in [0.29, 0.717) is 30.3 Å². The van der Waals surface area contributed by atoms with Crippen LogP contribution in [0.5, 0.6) is 0 Å². The van der Waals surface area contributed by atoms with Gasteiger partial charge in [-0.05, 0) is 25.8 Å². The highest BCUT2D eigenvalue weighted by Crippen LogP contribution is 2.16. The van der Waals surface area contributed by atoms with Crippen LogP contribution in [0.3, 0.4) is 0 Å². The van der Waals surface area contributed by atoms with Crippen molar-refractivity contribution < 1.29 is 13.2 Å². The lowest BCUT2D eigenvalue weighted by Gasteiger charge is -2.12. The fraction of sp³-hybridized carbons (Fsp3) is 0.667. The van der Waals surface area contributed by atoms with Crippen LogP contribution in [0.25, 0.3) is 0 Å². The Bertz CT molecular complexity index is 661. The number of aromatic nitrogens is 2. The third-order valence-corrected chi connectivity index (χ3v) is 5.49. The van der Waals surface area contributed by atoms with Gasteiger partial charge in [-0.3, -0.25) is 4.79 Å². The van der Waals surface area contributed by atoms with Gasteiger partial charge in [0.15, 0.2) is 9.84 Å². The lowest BCUT2D eigenvalue weighted by molar-refractivity contribution is 0.0948. The molecule has 1 aromatic heterocycles. The van der Waals surface area contributed by atoms with Crippen molar-refractivity contribution in [3.63, 3.8) is 0 Å². The molecular weight excluding hydrogens is 316 g/mol. The first kappa shape index (κ1) is 17.7. The summed E-state index contributed by atoms with van der Waals surface area (Å²) < 4.78 is 23.0. The molecule has 0 aliphatic carbocycles. The van der Waals surface area contributed by atoms with Crippen LogP contribution in [0.2, 0.25) is 0 Å². The Morgan fingerprint density at radius 3 is 2.78 bits per heavy atom. The van der Waals surface area contributed by atoms with Gasteiger partial charge in [-0.2, -0.15) is 0 Å². The standard InChI is InChI=1S/C15H24N4O3S/c1-3-4-5-7-16-14(20)13-9-11(2)17-15(19-13)18-12-6-8-23(21,22)10-12/h9,12H,3-8,10H2,1-2H3,(H,16,20)(H,17,18,19). The predicted molar refractivity (Wildman–Crippen MR) is 89.3 cm³/mol. The van der Waals surface area contributed by atoms with E-state index in [2.05, 4.69) is 27.5 Å². The van der Waals surface area contributed by atoms with Gasteiger partial charge in [0.1, 0.15) is 5.69 Å². The summed E-state index contributed by atoms with van der Waals surface area (Å²) in [6.07, 6.45) is 3.66. The van der Waals surface area contributed by atoms with E-state index in [9.17, 15) is 13.2 Å². The zero-order chi connectivity index (χ0) is 16.9. The van der Waals surface area contributed by atoms with Crippen molar-refractivity contribution in [2.75, 3.05) is 23.4 Å². The minimum Gasteiger partial charge on any atom is -0.351 e. The Hall–Kier alpha value is -1.70. The Balaban J connectivity index is 1.99. The highest BCUT2D eigenvalue weighted by atomic mass is 32.2. The predicted octanol–water partition coefficient (Wildman–Crippen LogP) is 1.30. The van der Waals surface area contributed by atoms with Gasteiger partial charge < -0.3 is 10.6 Å². The number of sulfone groups is 1. The van der Waals surface area contributed by atoms with Crippen molar-refractivity contribution in [3.05, 3.63) is 17.5 Å². The first-order valence-electron chi connectivity index (χ1n) is 8.00. The van der Waals surface area contributed by atoms with E-state index in [1.54, 1.807) is 13.0 Å². The fourth-order valence-electron chi connectivity index (χ4n) is 2.51. The van der Waals surface area contributed by atoms with Crippen LogP contribution in [-0.4, -0.2) is 48.4 Å². The van der Waals surface area contributed by atoms with Gasteiger partial charge in [0, 0.05) is 18.3 Å². The lowest BCUT2D eigenvalue weighted by Crippen LogP contribution is -2.27. The van der Waals surface area contributed by atoms with Gasteiger partial charge in [-0.15, -0.1) is 0 Å². The van der Waals surface area contributed by atoms with Crippen molar-refractivity contribution in [1.29, 1.82) is 0 Å². The van der Waals surface area contributed by atoms with Crippen molar-refractivity contribution in [1.82, 2.24) is 15.3 Å². The summed E-state index contributed by atoms with van der Waals surface area (Å²) in [5, 5.41) is 5.87. The average Bonchev–Trinajstić information content (AvgIpc) is 2.81. The third-order valence-electron chi connectivity index (χ3n) is 3.72. The second-order valence-electron chi connectivity index (χ2n) is 5.93. The maximum atomic E-state index is 12.1. The van der Waals surface area contributed by atoms with Gasteiger partial charge in [-0.25, -0.2) is 18.4 Å². The minimum atomic E-state index is -2.97. The van der Waals surface area contributed by atoms with E-state index in [1.165, 1.54) is 0 Å². The third kappa shape index (κ3) is 5.46. The first-order valence-corrected chi connectivity index (χ1v) is 9.82. The molecule has 2 N–H and O–H groups in total. The molecule has 1 aliphatic heterocycles.